The molecule has 2 rings (SSSR count). The fourth-order valence-corrected chi connectivity index (χ4v) is 2.28. The van der Waals surface area contributed by atoms with Gasteiger partial charge in [-0.25, -0.2) is 0 Å². The van der Waals surface area contributed by atoms with Gasteiger partial charge in [0.2, 0.25) is 5.91 Å². The maximum atomic E-state index is 11.8. The average molecular weight is 258 g/mol. The Bertz CT molecular complexity index is 476. The minimum absolute atomic E-state index is 0.0928. The van der Waals surface area contributed by atoms with Crippen LogP contribution in [0.4, 0.5) is 0 Å². The van der Waals surface area contributed by atoms with Gasteiger partial charge in [0.1, 0.15) is 5.75 Å². The number of likely N-dealkylation sites (tertiary alicyclic amines) is 1. The second-order valence-electron chi connectivity index (χ2n) is 4.80. The molecule has 0 aliphatic carbocycles. The molecular formula is C15H18N2O2. The van der Waals surface area contributed by atoms with Crippen molar-refractivity contribution in [3.8, 4) is 11.8 Å². The van der Waals surface area contributed by atoms with E-state index < -0.39 is 0 Å². The van der Waals surface area contributed by atoms with Crippen LogP contribution in [0.3, 0.4) is 0 Å². The van der Waals surface area contributed by atoms with Gasteiger partial charge >= 0.3 is 0 Å². The maximum absolute atomic E-state index is 11.8. The van der Waals surface area contributed by atoms with Crippen molar-refractivity contribution in [2.24, 2.45) is 5.92 Å². The Morgan fingerprint density at radius 2 is 2.16 bits per heavy atom. The number of methoxy groups -OCH3 is 1. The lowest BCUT2D eigenvalue weighted by atomic mass is 9.97. The van der Waals surface area contributed by atoms with Crippen molar-refractivity contribution in [3.63, 3.8) is 0 Å². The molecule has 1 aromatic carbocycles. The zero-order valence-corrected chi connectivity index (χ0v) is 11.1. The zero-order chi connectivity index (χ0) is 13.7. The second kappa shape index (κ2) is 6.24. The van der Waals surface area contributed by atoms with E-state index in [9.17, 15) is 4.79 Å². The van der Waals surface area contributed by atoms with E-state index in [1.54, 1.807) is 7.11 Å². The molecule has 4 nitrogen and oxygen atoms in total. The van der Waals surface area contributed by atoms with Crippen LogP contribution in [0.1, 0.15) is 18.4 Å². The molecular weight excluding hydrogens is 240 g/mol. The van der Waals surface area contributed by atoms with Crippen molar-refractivity contribution in [2.45, 2.75) is 19.3 Å². The summed E-state index contributed by atoms with van der Waals surface area (Å²) in [7, 11) is 1.65. The number of carbonyl (C=O) groups excluding carboxylic acids is 1. The highest BCUT2D eigenvalue weighted by Crippen LogP contribution is 2.18. The van der Waals surface area contributed by atoms with E-state index in [4.69, 9.17) is 10.00 Å². The van der Waals surface area contributed by atoms with Crippen LogP contribution in [0.25, 0.3) is 0 Å². The number of benzene rings is 1. The third kappa shape index (κ3) is 3.47. The number of rotatable bonds is 4. The molecule has 100 valence electrons. The van der Waals surface area contributed by atoms with E-state index in [2.05, 4.69) is 6.07 Å². The van der Waals surface area contributed by atoms with Crippen LogP contribution in [0.5, 0.6) is 5.75 Å². The molecule has 0 radical (unpaired) electrons. The predicted molar refractivity (Wildman–Crippen MR) is 71.6 cm³/mol. The Morgan fingerprint density at radius 1 is 1.42 bits per heavy atom. The Labute approximate surface area is 113 Å². The molecule has 0 bridgehead atoms. The lowest BCUT2D eigenvalue weighted by Gasteiger charge is -2.29. The van der Waals surface area contributed by atoms with E-state index >= 15 is 0 Å². The van der Waals surface area contributed by atoms with Crippen molar-refractivity contribution >= 4 is 5.91 Å². The van der Waals surface area contributed by atoms with Gasteiger partial charge in [0.25, 0.3) is 0 Å². The summed E-state index contributed by atoms with van der Waals surface area (Å²) < 4.78 is 5.11. The summed E-state index contributed by atoms with van der Waals surface area (Å²) >= 11 is 0. The van der Waals surface area contributed by atoms with Gasteiger partial charge < -0.3 is 9.64 Å². The number of nitrogens with zero attached hydrogens (tertiary/aromatic N) is 2. The first kappa shape index (κ1) is 13.4. The van der Waals surface area contributed by atoms with Crippen molar-refractivity contribution in [1.29, 1.82) is 5.26 Å². The SMILES string of the molecule is COc1ccc(CCN2CCC(C#N)CC2=O)cc1. The van der Waals surface area contributed by atoms with Crippen LogP contribution in [-0.4, -0.2) is 31.0 Å². The van der Waals surface area contributed by atoms with Crippen LogP contribution in [0.15, 0.2) is 24.3 Å². The minimum Gasteiger partial charge on any atom is -0.497 e. The molecule has 1 aromatic rings. The minimum atomic E-state index is -0.0928. The summed E-state index contributed by atoms with van der Waals surface area (Å²) in [6.07, 6.45) is 2.01. The third-order valence-electron chi connectivity index (χ3n) is 3.53. The first-order valence-corrected chi connectivity index (χ1v) is 6.53. The van der Waals surface area contributed by atoms with Crippen molar-refractivity contribution in [3.05, 3.63) is 29.8 Å². The highest BCUT2D eigenvalue weighted by molar-refractivity contribution is 5.77. The Hall–Kier alpha value is -2.02. The molecule has 1 heterocycles. The van der Waals surface area contributed by atoms with Crippen LogP contribution in [-0.2, 0) is 11.2 Å². The largest absolute Gasteiger partial charge is 0.497 e. The molecule has 0 spiro atoms. The average Bonchev–Trinajstić information content (AvgIpc) is 2.46. The van der Waals surface area contributed by atoms with Crippen LogP contribution < -0.4 is 4.74 Å². The Morgan fingerprint density at radius 3 is 2.74 bits per heavy atom. The first-order chi connectivity index (χ1) is 9.22. The lowest BCUT2D eigenvalue weighted by molar-refractivity contribution is -0.134. The van der Waals surface area contributed by atoms with E-state index in [-0.39, 0.29) is 11.8 Å². The molecule has 1 unspecified atom stereocenters. The summed E-state index contributed by atoms with van der Waals surface area (Å²) in [6, 6.07) is 10.1. The van der Waals surface area contributed by atoms with E-state index in [1.165, 1.54) is 5.56 Å². The maximum Gasteiger partial charge on any atom is 0.223 e. The monoisotopic (exact) mass is 258 g/mol. The number of amides is 1. The summed E-state index contributed by atoms with van der Waals surface area (Å²) in [5.41, 5.74) is 1.19. The fraction of sp³-hybridized carbons (Fsp3) is 0.467. The molecule has 1 atom stereocenters. The Kier molecular flexibility index (Phi) is 4.40. The normalized spacial score (nSPS) is 19.1. The van der Waals surface area contributed by atoms with E-state index in [0.717, 1.165) is 25.1 Å². The van der Waals surface area contributed by atoms with E-state index in [1.807, 2.05) is 29.2 Å². The van der Waals surface area contributed by atoms with Crippen molar-refractivity contribution < 1.29 is 9.53 Å². The number of piperidine rings is 1. The lowest BCUT2D eigenvalue weighted by Crippen LogP contribution is -2.39. The molecule has 1 aliphatic heterocycles. The van der Waals surface area contributed by atoms with E-state index in [0.29, 0.717) is 13.0 Å². The van der Waals surface area contributed by atoms with Crippen molar-refractivity contribution in [2.75, 3.05) is 20.2 Å². The highest BCUT2D eigenvalue weighted by Gasteiger charge is 2.24. The molecule has 4 heteroatoms. The highest BCUT2D eigenvalue weighted by atomic mass is 16.5. The molecule has 0 saturated carbocycles. The van der Waals surface area contributed by atoms with Gasteiger partial charge in [-0.15, -0.1) is 0 Å². The Balaban J connectivity index is 1.85. The predicted octanol–water partition coefficient (Wildman–Crippen LogP) is 2.00. The summed E-state index contributed by atoms with van der Waals surface area (Å²) in [5, 5.41) is 8.82. The van der Waals surface area contributed by atoms with Gasteiger partial charge in [-0.1, -0.05) is 12.1 Å². The third-order valence-corrected chi connectivity index (χ3v) is 3.53. The second-order valence-corrected chi connectivity index (χ2v) is 4.80. The number of nitriles is 1. The molecule has 0 N–H and O–H groups in total. The zero-order valence-electron chi connectivity index (χ0n) is 11.1. The van der Waals surface area contributed by atoms with Gasteiger partial charge in [0.05, 0.1) is 19.1 Å². The van der Waals surface area contributed by atoms with Gasteiger partial charge in [-0.3, -0.25) is 4.79 Å². The number of hydrogen-bond donors (Lipinski definition) is 0. The summed E-state index contributed by atoms with van der Waals surface area (Å²) in [5.74, 6) is 0.853. The van der Waals surface area contributed by atoms with Gasteiger partial charge in [-0.05, 0) is 30.5 Å². The van der Waals surface area contributed by atoms with Gasteiger partial charge in [0.15, 0.2) is 0 Å². The topological polar surface area (TPSA) is 53.3 Å². The standard InChI is InChI=1S/C15H18N2O2/c1-19-14-4-2-12(3-5-14)6-8-17-9-7-13(11-16)10-15(17)18/h2-5,13H,6-10H2,1H3. The van der Waals surface area contributed by atoms with Gasteiger partial charge in [0, 0.05) is 19.5 Å². The smallest absolute Gasteiger partial charge is 0.223 e. The quantitative estimate of drug-likeness (QED) is 0.830. The summed E-state index contributed by atoms with van der Waals surface area (Å²) in [4.78, 5) is 13.7. The van der Waals surface area contributed by atoms with Crippen LogP contribution in [0.2, 0.25) is 0 Å². The molecule has 19 heavy (non-hydrogen) atoms. The van der Waals surface area contributed by atoms with Crippen LogP contribution >= 0.6 is 0 Å². The molecule has 1 saturated heterocycles. The first-order valence-electron chi connectivity index (χ1n) is 6.53. The van der Waals surface area contributed by atoms with Gasteiger partial charge in [-0.2, -0.15) is 5.26 Å². The molecule has 0 aromatic heterocycles. The van der Waals surface area contributed by atoms with Crippen LogP contribution in [0, 0.1) is 17.2 Å². The number of ether oxygens (including phenoxy) is 1. The summed E-state index contributed by atoms with van der Waals surface area (Å²) in [6.45, 7) is 1.43. The van der Waals surface area contributed by atoms with Crippen molar-refractivity contribution in [1.82, 2.24) is 4.90 Å². The number of hydrogen-bond acceptors (Lipinski definition) is 3. The number of carbonyl (C=O) groups is 1. The molecule has 1 fully saturated rings. The molecule has 1 aliphatic rings. The molecule has 1 amide bonds. The fourth-order valence-electron chi connectivity index (χ4n) is 2.28.